The minimum Gasteiger partial charge on any atom is -0.460 e. The van der Waals surface area contributed by atoms with Crippen molar-refractivity contribution in [3.05, 3.63) is 157 Å². The second-order valence-corrected chi connectivity index (χ2v) is 13.9. The van der Waals surface area contributed by atoms with Gasteiger partial charge in [-0.25, -0.2) is 15.0 Å². The fourth-order valence-electron chi connectivity index (χ4n) is 7.35. The summed E-state index contributed by atoms with van der Waals surface area (Å²) in [6.07, 6.45) is 3.13. The summed E-state index contributed by atoms with van der Waals surface area (Å²) < 4.78 is 9.25. The summed E-state index contributed by atoms with van der Waals surface area (Å²) in [6.45, 7) is 2.23. The number of para-hydroxylation sites is 1. The van der Waals surface area contributed by atoms with Crippen molar-refractivity contribution in [2.75, 3.05) is 0 Å². The van der Waals surface area contributed by atoms with E-state index in [0.29, 0.717) is 17.5 Å². The Balaban J connectivity index is 1.19. The Morgan fingerprint density at radius 2 is 1.31 bits per heavy atom. The molecule has 1 aliphatic carbocycles. The molecule has 10 rings (SSSR count). The van der Waals surface area contributed by atoms with Crippen LogP contribution in [0.3, 0.4) is 0 Å². The first-order valence-corrected chi connectivity index (χ1v) is 17.5. The number of allylic oxidation sites excluding steroid dienone is 1. The van der Waals surface area contributed by atoms with Crippen molar-refractivity contribution in [1.82, 2.24) is 15.0 Å². The fourth-order valence-corrected chi connectivity index (χ4v) is 8.57. The number of aromatic nitrogens is 3. The highest BCUT2D eigenvalue weighted by molar-refractivity contribution is 7.26. The quantitative estimate of drug-likeness (QED) is 0.191. The smallest absolute Gasteiger partial charge is 0.165 e. The minimum absolute atomic E-state index is 0.249. The molecule has 232 valence electrons. The van der Waals surface area contributed by atoms with E-state index in [1.807, 2.05) is 18.2 Å². The van der Waals surface area contributed by atoms with Gasteiger partial charge in [-0.1, -0.05) is 128 Å². The van der Waals surface area contributed by atoms with Gasteiger partial charge in [0.15, 0.2) is 17.5 Å². The van der Waals surface area contributed by atoms with Crippen molar-refractivity contribution >= 4 is 58.8 Å². The molecular weight excluding hydrogens is 619 g/mol. The lowest BCUT2D eigenvalue weighted by Crippen LogP contribution is -2.10. The van der Waals surface area contributed by atoms with Crippen molar-refractivity contribution < 1.29 is 4.42 Å². The van der Waals surface area contributed by atoms with Gasteiger partial charge in [0.1, 0.15) is 11.3 Å². The van der Waals surface area contributed by atoms with Crippen LogP contribution in [0, 0.1) is 5.92 Å². The van der Waals surface area contributed by atoms with Crippen LogP contribution in [-0.2, 0) is 6.42 Å². The predicted octanol–water partition coefficient (Wildman–Crippen LogP) is 11.8. The predicted molar refractivity (Wildman–Crippen MR) is 203 cm³/mol. The van der Waals surface area contributed by atoms with Gasteiger partial charge in [0.25, 0.3) is 0 Å². The van der Waals surface area contributed by atoms with Crippen LogP contribution in [-0.4, -0.2) is 15.0 Å². The lowest BCUT2D eigenvalue weighted by Gasteiger charge is -2.18. The Morgan fingerprint density at radius 3 is 2.20 bits per heavy atom. The Hall–Kier alpha value is -5.91. The van der Waals surface area contributed by atoms with Crippen LogP contribution < -0.4 is 0 Å². The number of benzene rings is 6. The zero-order chi connectivity index (χ0) is 32.5. The number of thiophene rings is 1. The monoisotopic (exact) mass is 647 g/mol. The third-order valence-corrected chi connectivity index (χ3v) is 10.9. The normalized spacial score (nSPS) is 14.5. The highest BCUT2D eigenvalue weighted by atomic mass is 32.1. The maximum absolute atomic E-state index is 6.82. The van der Waals surface area contributed by atoms with Gasteiger partial charge in [0.05, 0.1) is 0 Å². The summed E-state index contributed by atoms with van der Waals surface area (Å²) in [5, 5.41) is 5.98. The molecule has 49 heavy (non-hydrogen) atoms. The third-order valence-electron chi connectivity index (χ3n) is 9.63. The molecule has 5 heteroatoms. The molecule has 0 fully saturated rings. The molecule has 0 aliphatic heterocycles. The Labute approximate surface area is 287 Å². The molecule has 0 amide bonds. The van der Waals surface area contributed by atoms with Gasteiger partial charge in [0.2, 0.25) is 0 Å². The molecule has 1 unspecified atom stereocenters. The Bertz CT molecular complexity index is 2770. The SMILES string of the molecule is CC1C=C(c2nc(-c3ccccc3)nc(-c3cccc4c3sc3ccccc34)n2)c2c(oc3c(-c4ccc5ccccc5c4)cccc23)C1. The molecule has 3 heterocycles. The van der Waals surface area contributed by atoms with Crippen LogP contribution in [0.5, 0.6) is 0 Å². The lowest BCUT2D eigenvalue weighted by molar-refractivity contribution is 0.512. The number of rotatable bonds is 4. The van der Waals surface area contributed by atoms with Gasteiger partial charge in [0, 0.05) is 59.8 Å². The van der Waals surface area contributed by atoms with E-state index in [2.05, 4.69) is 128 Å². The van der Waals surface area contributed by atoms with Crippen molar-refractivity contribution in [3.8, 4) is 33.9 Å². The van der Waals surface area contributed by atoms with E-state index in [-0.39, 0.29) is 5.92 Å². The van der Waals surface area contributed by atoms with Gasteiger partial charge in [-0.15, -0.1) is 11.3 Å². The number of hydrogen-bond acceptors (Lipinski definition) is 5. The molecule has 9 aromatic rings. The van der Waals surface area contributed by atoms with Crippen LogP contribution in [0.15, 0.2) is 144 Å². The molecule has 3 aromatic heterocycles. The number of fused-ring (bicyclic) bond motifs is 7. The Kier molecular flexibility index (Phi) is 6.36. The van der Waals surface area contributed by atoms with E-state index in [1.165, 1.54) is 30.9 Å². The van der Waals surface area contributed by atoms with Crippen molar-refractivity contribution in [3.63, 3.8) is 0 Å². The number of hydrogen-bond donors (Lipinski definition) is 0. The highest BCUT2D eigenvalue weighted by Crippen LogP contribution is 2.44. The maximum Gasteiger partial charge on any atom is 0.165 e. The molecule has 6 aromatic carbocycles. The second kappa shape index (κ2) is 11.1. The first-order chi connectivity index (χ1) is 24.2. The standard InChI is InChI=1S/C44H29N3OS/c1-26-23-36(39-34-18-9-16-31(40(34)48-37(39)24-26)30-22-21-27-11-5-6-14-29(27)25-30)44-46-42(28-12-3-2-4-13-28)45-43(47-44)35-19-10-17-33-32-15-7-8-20-38(32)49-41(33)35/h2-23,25-26H,24H2,1H3. The van der Waals surface area contributed by atoms with Crippen LogP contribution in [0.4, 0.5) is 0 Å². The molecule has 0 bridgehead atoms. The number of furan rings is 1. The number of nitrogens with zero attached hydrogens (tertiary/aromatic N) is 3. The summed E-state index contributed by atoms with van der Waals surface area (Å²) in [5.74, 6) is 3.21. The summed E-state index contributed by atoms with van der Waals surface area (Å²) in [5.41, 5.74) is 7.16. The molecule has 1 aliphatic rings. The van der Waals surface area contributed by atoms with E-state index >= 15 is 0 Å². The van der Waals surface area contributed by atoms with Gasteiger partial charge in [-0.3, -0.25) is 0 Å². The van der Waals surface area contributed by atoms with Crippen molar-refractivity contribution in [2.45, 2.75) is 13.3 Å². The molecule has 0 radical (unpaired) electrons. The van der Waals surface area contributed by atoms with E-state index in [4.69, 9.17) is 19.4 Å². The van der Waals surface area contributed by atoms with Crippen LogP contribution >= 0.6 is 11.3 Å². The zero-order valence-corrected chi connectivity index (χ0v) is 27.5. The van der Waals surface area contributed by atoms with Gasteiger partial charge in [-0.2, -0.15) is 0 Å². The molecular formula is C44H29N3OS. The van der Waals surface area contributed by atoms with Crippen molar-refractivity contribution in [1.29, 1.82) is 0 Å². The molecule has 4 nitrogen and oxygen atoms in total. The van der Waals surface area contributed by atoms with Crippen LogP contribution in [0.1, 0.15) is 24.1 Å². The average Bonchev–Trinajstić information content (AvgIpc) is 3.73. The van der Waals surface area contributed by atoms with E-state index in [0.717, 1.165) is 56.5 Å². The van der Waals surface area contributed by atoms with Gasteiger partial charge in [-0.05, 0) is 40.5 Å². The molecule has 0 N–H and O–H groups in total. The summed E-state index contributed by atoms with van der Waals surface area (Å²) >= 11 is 1.79. The highest BCUT2D eigenvalue weighted by Gasteiger charge is 2.29. The fraction of sp³-hybridized carbons (Fsp3) is 0.0682. The van der Waals surface area contributed by atoms with E-state index < -0.39 is 0 Å². The summed E-state index contributed by atoms with van der Waals surface area (Å²) in [7, 11) is 0. The minimum atomic E-state index is 0.249. The third kappa shape index (κ3) is 4.61. The molecule has 0 spiro atoms. The summed E-state index contributed by atoms with van der Waals surface area (Å²) in [4.78, 5) is 15.6. The maximum atomic E-state index is 6.82. The summed E-state index contributed by atoms with van der Waals surface area (Å²) in [6, 6.07) is 46.8. The topological polar surface area (TPSA) is 51.8 Å². The van der Waals surface area contributed by atoms with Crippen molar-refractivity contribution in [2.24, 2.45) is 5.92 Å². The second-order valence-electron chi connectivity index (χ2n) is 12.9. The zero-order valence-electron chi connectivity index (χ0n) is 26.7. The average molecular weight is 648 g/mol. The first kappa shape index (κ1) is 28.1. The van der Waals surface area contributed by atoms with E-state index in [1.54, 1.807) is 11.3 Å². The molecule has 1 atom stereocenters. The van der Waals surface area contributed by atoms with Gasteiger partial charge < -0.3 is 4.42 Å². The van der Waals surface area contributed by atoms with Gasteiger partial charge >= 0.3 is 0 Å². The first-order valence-electron chi connectivity index (χ1n) is 16.7. The molecule has 0 saturated heterocycles. The Morgan fingerprint density at radius 1 is 0.592 bits per heavy atom. The molecule has 0 saturated carbocycles. The van der Waals surface area contributed by atoms with Crippen LogP contribution in [0.2, 0.25) is 0 Å². The lowest BCUT2D eigenvalue weighted by atomic mass is 9.87. The van der Waals surface area contributed by atoms with Crippen LogP contribution in [0.25, 0.3) is 81.4 Å². The largest absolute Gasteiger partial charge is 0.460 e. The van der Waals surface area contributed by atoms with E-state index in [9.17, 15) is 0 Å².